The maximum atomic E-state index is 11.8. The van der Waals surface area contributed by atoms with E-state index >= 15 is 0 Å². The standard InChI is InChI=1S/C14H21N3O2S2/c1-5-7-17-12(19)10(11(18)16-13(17)20)9-15-6-8-21-14(2,3)4/h5,9,19H,1,6-8H2,2-4H3,(H,16,18,20). The smallest absolute Gasteiger partial charge is 0.264 e. The number of H-pyrrole nitrogens is 1. The van der Waals surface area contributed by atoms with Gasteiger partial charge in [-0.25, -0.2) is 0 Å². The molecule has 21 heavy (non-hydrogen) atoms. The molecular weight excluding hydrogens is 306 g/mol. The quantitative estimate of drug-likeness (QED) is 0.365. The summed E-state index contributed by atoms with van der Waals surface area (Å²) in [6.07, 6.45) is 2.99. The number of thioether (sulfide) groups is 1. The van der Waals surface area contributed by atoms with E-state index in [-0.39, 0.29) is 21.0 Å². The molecule has 5 nitrogen and oxygen atoms in total. The zero-order valence-electron chi connectivity index (χ0n) is 12.5. The van der Waals surface area contributed by atoms with Gasteiger partial charge in [0.25, 0.3) is 5.56 Å². The second-order valence-electron chi connectivity index (χ2n) is 5.39. The number of aromatic nitrogens is 2. The van der Waals surface area contributed by atoms with Crippen LogP contribution < -0.4 is 5.56 Å². The Bertz CT molecular complexity index is 639. The Labute approximate surface area is 133 Å². The van der Waals surface area contributed by atoms with Crippen LogP contribution in [0.4, 0.5) is 0 Å². The monoisotopic (exact) mass is 327 g/mol. The Morgan fingerprint density at radius 3 is 2.76 bits per heavy atom. The highest BCUT2D eigenvalue weighted by Gasteiger charge is 2.11. The Balaban J connectivity index is 2.88. The van der Waals surface area contributed by atoms with E-state index in [0.717, 1.165) is 5.75 Å². The van der Waals surface area contributed by atoms with Crippen LogP contribution in [0, 0.1) is 4.77 Å². The van der Waals surface area contributed by atoms with E-state index < -0.39 is 5.56 Å². The zero-order valence-corrected chi connectivity index (χ0v) is 14.2. The molecule has 0 aliphatic carbocycles. The number of aromatic hydroxyl groups is 1. The lowest BCUT2D eigenvalue weighted by Crippen LogP contribution is -2.18. The molecule has 1 rings (SSSR count). The van der Waals surface area contributed by atoms with Gasteiger partial charge in [0.15, 0.2) is 4.77 Å². The number of nitrogens with one attached hydrogen (secondary N) is 1. The molecule has 0 saturated carbocycles. The van der Waals surface area contributed by atoms with Crippen LogP contribution in [0.5, 0.6) is 5.88 Å². The van der Waals surface area contributed by atoms with Crippen LogP contribution in [0.1, 0.15) is 26.3 Å². The predicted molar refractivity (Wildman–Crippen MR) is 92.4 cm³/mol. The molecule has 0 amide bonds. The second-order valence-corrected chi connectivity index (χ2v) is 7.70. The van der Waals surface area contributed by atoms with Crippen molar-refractivity contribution in [2.75, 3.05) is 12.3 Å². The van der Waals surface area contributed by atoms with E-state index in [0.29, 0.717) is 13.1 Å². The number of nitrogens with zero attached hydrogens (tertiary/aromatic N) is 2. The van der Waals surface area contributed by atoms with Crippen LogP contribution in [0.25, 0.3) is 0 Å². The minimum atomic E-state index is -0.440. The molecule has 116 valence electrons. The number of rotatable bonds is 6. The van der Waals surface area contributed by atoms with Gasteiger partial charge >= 0.3 is 0 Å². The Hall–Kier alpha value is -1.34. The largest absolute Gasteiger partial charge is 0.494 e. The minimum absolute atomic E-state index is 0.117. The van der Waals surface area contributed by atoms with Gasteiger partial charge in [-0.2, -0.15) is 11.8 Å². The molecule has 0 aliphatic heterocycles. The number of aromatic amines is 1. The average Bonchev–Trinajstić information content (AvgIpc) is 2.36. The number of hydrogen-bond donors (Lipinski definition) is 2. The molecule has 0 aromatic carbocycles. The summed E-state index contributed by atoms with van der Waals surface area (Å²) in [5, 5.41) is 10.1. The van der Waals surface area contributed by atoms with Gasteiger partial charge in [-0.1, -0.05) is 26.8 Å². The van der Waals surface area contributed by atoms with Crippen LogP contribution in [0.3, 0.4) is 0 Å². The van der Waals surface area contributed by atoms with Crippen molar-refractivity contribution in [1.82, 2.24) is 9.55 Å². The van der Waals surface area contributed by atoms with E-state index in [9.17, 15) is 9.90 Å². The first-order valence-corrected chi connectivity index (χ1v) is 7.96. The fourth-order valence-corrected chi connectivity index (χ4v) is 2.61. The summed E-state index contributed by atoms with van der Waals surface area (Å²) < 4.78 is 1.75. The van der Waals surface area contributed by atoms with Gasteiger partial charge < -0.3 is 5.11 Å². The van der Waals surface area contributed by atoms with Crippen molar-refractivity contribution in [1.29, 1.82) is 0 Å². The third-order valence-corrected chi connectivity index (χ3v) is 4.07. The molecule has 0 bridgehead atoms. The summed E-state index contributed by atoms with van der Waals surface area (Å²) >= 11 is 6.79. The first-order valence-electron chi connectivity index (χ1n) is 6.57. The molecule has 1 heterocycles. The highest BCUT2D eigenvalue weighted by atomic mass is 32.2. The highest BCUT2D eigenvalue weighted by Crippen LogP contribution is 2.22. The summed E-state index contributed by atoms with van der Waals surface area (Å²) in [6.45, 7) is 10.9. The van der Waals surface area contributed by atoms with Crippen molar-refractivity contribution in [3.63, 3.8) is 0 Å². The summed E-state index contributed by atoms with van der Waals surface area (Å²) in [6, 6.07) is 0. The molecule has 7 heteroatoms. The lowest BCUT2D eigenvalue weighted by atomic mass is 10.3. The molecular formula is C14H21N3O2S2. The van der Waals surface area contributed by atoms with E-state index in [1.54, 1.807) is 17.8 Å². The third kappa shape index (κ3) is 5.51. The predicted octanol–water partition coefficient (Wildman–Crippen LogP) is 2.75. The lowest BCUT2D eigenvalue weighted by molar-refractivity contribution is 0.413. The van der Waals surface area contributed by atoms with Crippen molar-refractivity contribution in [2.24, 2.45) is 4.99 Å². The number of hydrogen-bond acceptors (Lipinski definition) is 5. The Kier molecular flexibility index (Phi) is 6.42. The number of allylic oxidation sites excluding steroid dienone is 1. The van der Waals surface area contributed by atoms with Crippen LogP contribution in [0.2, 0.25) is 0 Å². The van der Waals surface area contributed by atoms with E-state index in [4.69, 9.17) is 12.2 Å². The molecule has 0 spiro atoms. The molecule has 0 aliphatic rings. The second kappa shape index (κ2) is 7.61. The minimum Gasteiger partial charge on any atom is -0.494 e. The molecule has 1 aromatic heterocycles. The zero-order chi connectivity index (χ0) is 16.0. The Morgan fingerprint density at radius 1 is 1.52 bits per heavy atom. The summed E-state index contributed by atoms with van der Waals surface area (Å²) in [4.78, 5) is 18.5. The maximum Gasteiger partial charge on any atom is 0.264 e. The fraction of sp³-hybridized carbons (Fsp3) is 0.500. The highest BCUT2D eigenvalue weighted by molar-refractivity contribution is 8.00. The van der Waals surface area contributed by atoms with Gasteiger partial charge in [0, 0.05) is 29.8 Å². The molecule has 0 radical (unpaired) electrons. The summed E-state index contributed by atoms with van der Waals surface area (Å²) in [5.41, 5.74) is -0.323. The van der Waals surface area contributed by atoms with Crippen molar-refractivity contribution in [2.45, 2.75) is 32.1 Å². The maximum absolute atomic E-state index is 11.8. The van der Waals surface area contributed by atoms with Crippen LogP contribution in [-0.2, 0) is 6.54 Å². The van der Waals surface area contributed by atoms with Gasteiger partial charge in [-0.3, -0.25) is 19.3 Å². The molecule has 0 saturated heterocycles. The van der Waals surface area contributed by atoms with Gasteiger partial charge in [0.1, 0.15) is 5.56 Å². The van der Waals surface area contributed by atoms with E-state index in [1.807, 2.05) is 0 Å². The van der Waals surface area contributed by atoms with Crippen LogP contribution in [-0.4, -0.2) is 37.9 Å². The van der Waals surface area contributed by atoms with Crippen molar-refractivity contribution in [3.05, 3.63) is 33.3 Å². The number of aliphatic imine (C=N–C) groups is 1. The van der Waals surface area contributed by atoms with Crippen molar-refractivity contribution < 1.29 is 5.11 Å². The topological polar surface area (TPSA) is 70.4 Å². The first-order chi connectivity index (χ1) is 9.76. The summed E-state index contributed by atoms with van der Waals surface area (Å²) in [5.74, 6) is 0.667. The normalized spacial score (nSPS) is 12.0. The molecule has 1 aromatic rings. The van der Waals surface area contributed by atoms with E-state index in [1.165, 1.54) is 10.8 Å². The van der Waals surface area contributed by atoms with Crippen molar-refractivity contribution in [3.8, 4) is 5.88 Å². The third-order valence-electron chi connectivity index (χ3n) is 2.49. The Morgan fingerprint density at radius 2 is 2.19 bits per heavy atom. The summed E-state index contributed by atoms with van der Waals surface area (Å²) in [7, 11) is 0. The molecule has 0 unspecified atom stereocenters. The fourth-order valence-electron chi connectivity index (χ4n) is 1.55. The van der Waals surface area contributed by atoms with Gasteiger partial charge in [-0.05, 0) is 12.2 Å². The van der Waals surface area contributed by atoms with Crippen LogP contribution >= 0.6 is 24.0 Å². The average molecular weight is 327 g/mol. The molecule has 0 fully saturated rings. The SMILES string of the molecule is C=CCn1c(O)c(C=NCCSC(C)(C)C)c(=O)[nH]c1=S. The lowest BCUT2D eigenvalue weighted by Gasteiger charge is -2.16. The molecule has 2 N–H and O–H groups in total. The van der Waals surface area contributed by atoms with Crippen molar-refractivity contribution >= 4 is 30.2 Å². The van der Waals surface area contributed by atoms with Crippen LogP contribution in [0.15, 0.2) is 22.4 Å². The first kappa shape index (κ1) is 17.7. The van der Waals surface area contributed by atoms with Gasteiger partial charge in [0.2, 0.25) is 5.88 Å². The van der Waals surface area contributed by atoms with Gasteiger partial charge in [0.05, 0.1) is 0 Å². The molecule has 0 atom stereocenters. The van der Waals surface area contributed by atoms with E-state index in [2.05, 4.69) is 37.3 Å². The van der Waals surface area contributed by atoms with Gasteiger partial charge in [-0.15, -0.1) is 6.58 Å².